The molecule has 0 bridgehead atoms. The van der Waals surface area contributed by atoms with Crippen LogP contribution in [0.5, 0.6) is 0 Å². The van der Waals surface area contributed by atoms with Gasteiger partial charge in [0.1, 0.15) is 18.3 Å². The molecule has 3 atom stereocenters. The van der Waals surface area contributed by atoms with Crippen molar-refractivity contribution < 1.29 is 19.3 Å². The molecule has 0 amide bonds. The van der Waals surface area contributed by atoms with Gasteiger partial charge in [0.05, 0.1) is 26.4 Å². The van der Waals surface area contributed by atoms with Crippen LogP contribution in [-0.4, -0.2) is 36.6 Å². The van der Waals surface area contributed by atoms with E-state index < -0.39 is 6.10 Å². The van der Waals surface area contributed by atoms with Crippen LogP contribution in [0.3, 0.4) is 0 Å². The molecule has 1 aliphatic heterocycles. The fourth-order valence-corrected chi connectivity index (χ4v) is 2.44. The Kier molecular flexibility index (Phi) is 5.77. The summed E-state index contributed by atoms with van der Waals surface area (Å²) in [7, 11) is 0. The van der Waals surface area contributed by atoms with Crippen molar-refractivity contribution in [1.82, 2.24) is 0 Å². The molecule has 0 unspecified atom stereocenters. The number of ether oxygens (including phenoxy) is 3. The summed E-state index contributed by atoms with van der Waals surface area (Å²) in [6.45, 7) is 1.80. The van der Waals surface area contributed by atoms with E-state index in [-0.39, 0.29) is 18.8 Å². The Hall–Kier alpha value is -1.72. The molecule has 122 valence electrons. The monoisotopic (exact) mass is 314 g/mol. The topological polar surface area (TPSA) is 51.2 Å². The van der Waals surface area contributed by atoms with Gasteiger partial charge in [-0.2, -0.15) is 0 Å². The number of benzene rings is 2. The van der Waals surface area contributed by atoms with Crippen molar-refractivity contribution in [3.8, 4) is 0 Å². The number of aliphatic hydroxyl groups excluding tert-OH is 1. The minimum Gasteiger partial charge on any atom is -0.388 e. The molecule has 4 heteroatoms. The molecular weight excluding hydrogens is 292 g/mol. The van der Waals surface area contributed by atoms with Gasteiger partial charge in [0.15, 0.2) is 0 Å². The number of hydrogen-bond donors (Lipinski definition) is 1. The van der Waals surface area contributed by atoms with Gasteiger partial charge >= 0.3 is 0 Å². The maximum Gasteiger partial charge on any atom is 0.114 e. The van der Waals surface area contributed by atoms with Crippen molar-refractivity contribution in [3.05, 3.63) is 71.8 Å². The van der Waals surface area contributed by atoms with Gasteiger partial charge in [-0.05, 0) is 11.1 Å². The summed E-state index contributed by atoms with van der Waals surface area (Å²) in [6, 6.07) is 19.8. The van der Waals surface area contributed by atoms with Gasteiger partial charge in [-0.1, -0.05) is 60.7 Å². The fraction of sp³-hybridized carbons (Fsp3) is 0.368. The third-order valence-electron chi connectivity index (χ3n) is 3.79. The van der Waals surface area contributed by atoms with E-state index >= 15 is 0 Å². The molecule has 0 aliphatic carbocycles. The molecule has 0 aromatic heterocycles. The van der Waals surface area contributed by atoms with E-state index in [1.54, 1.807) is 0 Å². The maximum atomic E-state index is 10.3. The van der Waals surface area contributed by atoms with Gasteiger partial charge < -0.3 is 19.3 Å². The van der Waals surface area contributed by atoms with E-state index in [4.69, 9.17) is 14.2 Å². The van der Waals surface area contributed by atoms with E-state index in [0.717, 1.165) is 11.1 Å². The fourth-order valence-electron chi connectivity index (χ4n) is 2.44. The predicted octanol–water partition coefficient (Wildman–Crippen LogP) is 2.55. The summed E-state index contributed by atoms with van der Waals surface area (Å²) >= 11 is 0. The lowest BCUT2D eigenvalue weighted by molar-refractivity contribution is -0.0898. The van der Waals surface area contributed by atoms with Crippen LogP contribution in [0.2, 0.25) is 0 Å². The molecule has 0 spiro atoms. The second-order valence-corrected chi connectivity index (χ2v) is 5.70. The summed E-state index contributed by atoms with van der Waals surface area (Å²) in [5, 5.41) is 10.3. The summed E-state index contributed by atoms with van der Waals surface area (Å²) in [6.07, 6.45) is -1.09. The molecule has 3 rings (SSSR count). The zero-order chi connectivity index (χ0) is 15.9. The summed E-state index contributed by atoms with van der Waals surface area (Å²) in [5.74, 6) is 0. The van der Waals surface area contributed by atoms with Gasteiger partial charge in [-0.25, -0.2) is 0 Å². The zero-order valence-electron chi connectivity index (χ0n) is 13.0. The molecule has 1 heterocycles. The Bertz CT molecular complexity index is 568. The van der Waals surface area contributed by atoms with Crippen LogP contribution in [0, 0.1) is 0 Å². The van der Waals surface area contributed by atoms with Crippen LogP contribution in [0.15, 0.2) is 60.7 Å². The normalized spacial score (nSPS) is 19.3. The van der Waals surface area contributed by atoms with Crippen molar-refractivity contribution in [2.75, 3.05) is 13.2 Å². The van der Waals surface area contributed by atoms with Crippen LogP contribution < -0.4 is 0 Å². The highest BCUT2D eigenvalue weighted by atomic mass is 16.6. The average Bonchev–Trinajstić information content (AvgIpc) is 3.42. The lowest BCUT2D eigenvalue weighted by Crippen LogP contribution is -2.37. The van der Waals surface area contributed by atoms with Crippen molar-refractivity contribution in [1.29, 1.82) is 0 Å². The minimum absolute atomic E-state index is 0.0333. The first-order valence-electron chi connectivity index (χ1n) is 7.90. The smallest absolute Gasteiger partial charge is 0.114 e. The first kappa shape index (κ1) is 16.1. The Morgan fingerprint density at radius 1 is 0.957 bits per heavy atom. The second-order valence-electron chi connectivity index (χ2n) is 5.70. The number of rotatable bonds is 9. The molecular formula is C19H22O4. The van der Waals surface area contributed by atoms with Crippen LogP contribution in [0.1, 0.15) is 11.1 Å². The first-order valence-corrected chi connectivity index (χ1v) is 7.90. The lowest BCUT2D eigenvalue weighted by Gasteiger charge is -2.22. The molecule has 2 aromatic carbocycles. The first-order chi connectivity index (χ1) is 11.3. The standard InChI is InChI=1S/C19H22O4/c20-17(13-21-11-15-7-3-1-4-8-15)19(18-14-22-18)23-12-16-9-5-2-6-10-16/h1-10,17-20H,11-14H2/t17-,18-,19+/m1/s1. The van der Waals surface area contributed by atoms with Gasteiger partial charge in [0, 0.05) is 0 Å². The van der Waals surface area contributed by atoms with Crippen LogP contribution >= 0.6 is 0 Å². The van der Waals surface area contributed by atoms with Gasteiger partial charge in [0.2, 0.25) is 0 Å². The predicted molar refractivity (Wildman–Crippen MR) is 86.9 cm³/mol. The Morgan fingerprint density at radius 3 is 2.09 bits per heavy atom. The largest absolute Gasteiger partial charge is 0.388 e. The van der Waals surface area contributed by atoms with Crippen molar-refractivity contribution in [2.24, 2.45) is 0 Å². The second kappa shape index (κ2) is 8.22. The average molecular weight is 314 g/mol. The quantitative estimate of drug-likeness (QED) is 0.723. The minimum atomic E-state index is -0.699. The van der Waals surface area contributed by atoms with Crippen LogP contribution in [-0.2, 0) is 27.4 Å². The number of epoxide rings is 1. The molecule has 2 aromatic rings. The SMILES string of the molecule is O[C@H](COCc1ccccc1)[C@H](OCc1ccccc1)[C@H]1CO1. The maximum absolute atomic E-state index is 10.3. The van der Waals surface area contributed by atoms with Crippen LogP contribution in [0.4, 0.5) is 0 Å². The van der Waals surface area contributed by atoms with Gasteiger partial charge in [0.25, 0.3) is 0 Å². The third-order valence-corrected chi connectivity index (χ3v) is 3.79. The molecule has 23 heavy (non-hydrogen) atoms. The number of hydrogen-bond acceptors (Lipinski definition) is 4. The molecule has 4 nitrogen and oxygen atoms in total. The highest BCUT2D eigenvalue weighted by Gasteiger charge is 2.38. The highest BCUT2D eigenvalue weighted by Crippen LogP contribution is 2.22. The Balaban J connectivity index is 1.45. The summed E-state index contributed by atoms with van der Waals surface area (Å²) in [5.41, 5.74) is 2.17. The molecule has 1 saturated heterocycles. The van der Waals surface area contributed by atoms with E-state index in [1.165, 1.54) is 0 Å². The van der Waals surface area contributed by atoms with Gasteiger partial charge in [-0.15, -0.1) is 0 Å². The van der Waals surface area contributed by atoms with Crippen molar-refractivity contribution in [3.63, 3.8) is 0 Å². The molecule has 1 fully saturated rings. The zero-order valence-corrected chi connectivity index (χ0v) is 13.0. The molecule has 0 radical (unpaired) electrons. The van der Waals surface area contributed by atoms with Gasteiger partial charge in [-0.3, -0.25) is 0 Å². The summed E-state index contributed by atoms with van der Waals surface area (Å²) in [4.78, 5) is 0. The highest BCUT2D eigenvalue weighted by molar-refractivity contribution is 5.14. The van der Waals surface area contributed by atoms with Crippen molar-refractivity contribution >= 4 is 0 Å². The van der Waals surface area contributed by atoms with E-state index in [2.05, 4.69) is 0 Å². The summed E-state index contributed by atoms with van der Waals surface area (Å²) < 4.78 is 16.8. The molecule has 1 aliphatic rings. The third kappa shape index (κ3) is 5.15. The number of aliphatic hydroxyl groups is 1. The molecule has 0 saturated carbocycles. The lowest BCUT2D eigenvalue weighted by atomic mass is 10.1. The molecule has 1 N–H and O–H groups in total. The van der Waals surface area contributed by atoms with E-state index in [9.17, 15) is 5.11 Å². The van der Waals surface area contributed by atoms with E-state index in [1.807, 2.05) is 60.7 Å². The Morgan fingerprint density at radius 2 is 1.52 bits per heavy atom. The van der Waals surface area contributed by atoms with E-state index in [0.29, 0.717) is 19.8 Å². The van der Waals surface area contributed by atoms with Crippen LogP contribution in [0.25, 0.3) is 0 Å². The van der Waals surface area contributed by atoms with Crippen molar-refractivity contribution in [2.45, 2.75) is 31.5 Å². The Labute approximate surface area is 136 Å².